The van der Waals surface area contributed by atoms with Crippen LogP contribution in [0.1, 0.15) is 22.8 Å². The summed E-state index contributed by atoms with van der Waals surface area (Å²) in [6.45, 7) is 2.09. The number of carbonyl (C=O) groups is 1. The Morgan fingerprint density at radius 3 is 2.50 bits per heavy atom. The summed E-state index contributed by atoms with van der Waals surface area (Å²) in [5.41, 5.74) is 9.47. The van der Waals surface area contributed by atoms with Crippen LogP contribution in [0.25, 0.3) is 22.2 Å². The number of rotatable bonds is 3. The molecule has 2 N–H and O–H groups in total. The zero-order valence-corrected chi connectivity index (χ0v) is 13.9. The molecule has 0 aliphatic carbocycles. The molecule has 2 heterocycles. The van der Waals surface area contributed by atoms with Crippen molar-refractivity contribution < 1.29 is 4.79 Å². The summed E-state index contributed by atoms with van der Waals surface area (Å²) in [7, 11) is 3.48. The van der Waals surface area contributed by atoms with E-state index in [4.69, 9.17) is 5.73 Å². The Morgan fingerprint density at radius 2 is 1.88 bits per heavy atom. The molecule has 0 spiro atoms. The maximum atomic E-state index is 12.6. The number of nitrogens with two attached hydrogens (primary N) is 1. The van der Waals surface area contributed by atoms with Gasteiger partial charge in [0.2, 0.25) is 5.95 Å². The largest absolute Gasteiger partial charge is 0.368 e. The van der Waals surface area contributed by atoms with Crippen LogP contribution in [-0.4, -0.2) is 39.9 Å². The number of aromatic nitrogens is 3. The quantitative estimate of drug-likeness (QED) is 0.801. The highest BCUT2D eigenvalue weighted by atomic mass is 16.2. The van der Waals surface area contributed by atoms with Gasteiger partial charge in [-0.05, 0) is 30.2 Å². The van der Waals surface area contributed by atoms with E-state index in [2.05, 4.69) is 21.9 Å². The van der Waals surface area contributed by atoms with E-state index in [0.717, 1.165) is 22.9 Å². The first kappa shape index (κ1) is 15.9. The van der Waals surface area contributed by atoms with Crippen molar-refractivity contribution in [2.24, 2.45) is 0 Å². The number of nitrogens with zero attached hydrogens (tertiary/aromatic N) is 4. The maximum absolute atomic E-state index is 12.6. The topological polar surface area (TPSA) is 85.0 Å². The molecule has 2 aromatic heterocycles. The van der Waals surface area contributed by atoms with Crippen molar-refractivity contribution in [2.75, 3.05) is 19.8 Å². The van der Waals surface area contributed by atoms with Crippen LogP contribution in [0.3, 0.4) is 0 Å². The number of hydrogen-bond acceptors (Lipinski definition) is 5. The molecular formula is C18H19N5O. The van der Waals surface area contributed by atoms with Gasteiger partial charge in [-0.1, -0.05) is 13.0 Å². The molecule has 0 bridgehead atoms. The standard InChI is InChI=1S/C18H19N5O/c1-4-11-5-6-15-13(7-11)14(17(24)23(2)3)8-16(22-15)12-9-20-18(19)21-10-12/h5-10H,4H2,1-3H3,(H2,19,20,21). The summed E-state index contributed by atoms with van der Waals surface area (Å²) in [6, 6.07) is 7.80. The fraction of sp³-hybridized carbons (Fsp3) is 0.222. The second kappa shape index (κ2) is 6.23. The molecule has 0 saturated heterocycles. The van der Waals surface area contributed by atoms with E-state index >= 15 is 0 Å². The van der Waals surface area contributed by atoms with Crippen LogP contribution in [0.5, 0.6) is 0 Å². The van der Waals surface area contributed by atoms with Gasteiger partial charge >= 0.3 is 0 Å². The van der Waals surface area contributed by atoms with Crippen LogP contribution in [0, 0.1) is 0 Å². The van der Waals surface area contributed by atoms with Crippen molar-refractivity contribution in [1.29, 1.82) is 0 Å². The Hall–Kier alpha value is -3.02. The molecule has 0 fully saturated rings. The number of fused-ring (bicyclic) bond motifs is 1. The van der Waals surface area contributed by atoms with Gasteiger partial charge < -0.3 is 10.6 Å². The highest BCUT2D eigenvalue weighted by Gasteiger charge is 2.16. The minimum atomic E-state index is -0.0618. The molecular weight excluding hydrogens is 302 g/mol. The van der Waals surface area contributed by atoms with Crippen LogP contribution in [0.15, 0.2) is 36.7 Å². The van der Waals surface area contributed by atoms with E-state index < -0.39 is 0 Å². The molecule has 3 aromatic rings. The second-order valence-corrected chi connectivity index (χ2v) is 5.79. The Bertz CT molecular complexity index is 903. The molecule has 0 aliphatic rings. The number of carbonyl (C=O) groups excluding carboxylic acids is 1. The number of pyridine rings is 1. The molecule has 6 nitrogen and oxygen atoms in total. The van der Waals surface area contributed by atoms with Crippen LogP contribution < -0.4 is 5.73 Å². The lowest BCUT2D eigenvalue weighted by Gasteiger charge is -2.14. The lowest BCUT2D eigenvalue weighted by Crippen LogP contribution is -2.22. The lowest BCUT2D eigenvalue weighted by atomic mass is 10.0. The van der Waals surface area contributed by atoms with E-state index in [1.165, 1.54) is 5.56 Å². The molecule has 6 heteroatoms. The molecule has 122 valence electrons. The summed E-state index contributed by atoms with van der Waals surface area (Å²) in [6.07, 6.45) is 4.13. The van der Waals surface area contributed by atoms with Gasteiger partial charge in [-0.25, -0.2) is 15.0 Å². The Labute approximate surface area is 140 Å². The minimum absolute atomic E-state index is 0.0618. The van der Waals surface area contributed by atoms with Crippen LogP contribution in [0.4, 0.5) is 5.95 Å². The Balaban J connectivity index is 2.26. The van der Waals surface area contributed by atoms with Gasteiger partial charge in [-0.15, -0.1) is 0 Å². The predicted molar refractivity (Wildman–Crippen MR) is 94.6 cm³/mol. The third-order valence-electron chi connectivity index (χ3n) is 3.89. The molecule has 0 aliphatic heterocycles. The highest BCUT2D eigenvalue weighted by molar-refractivity contribution is 6.07. The number of nitrogen functional groups attached to an aromatic ring is 1. The smallest absolute Gasteiger partial charge is 0.254 e. The molecule has 24 heavy (non-hydrogen) atoms. The van der Waals surface area contributed by atoms with Crippen molar-refractivity contribution in [3.63, 3.8) is 0 Å². The molecule has 0 atom stereocenters. The first-order valence-corrected chi connectivity index (χ1v) is 7.73. The van der Waals surface area contributed by atoms with Gasteiger partial charge in [0, 0.05) is 37.4 Å². The summed E-state index contributed by atoms with van der Waals surface area (Å²) >= 11 is 0. The van der Waals surface area contributed by atoms with Crippen molar-refractivity contribution in [1.82, 2.24) is 19.9 Å². The molecule has 1 amide bonds. The predicted octanol–water partition coefficient (Wildman–Crippen LogP) is 2.54. The van der Waals surface area contributed by atoms with Crippen molar-refractivity contribution >= 4 is 22.8 Å². The van der Waals surface area contributed by atoms with E-state index in [0.29, 0.717) is 11.3 Å². The first-order valence-electron chi connectivity index (χ1n) is 7.73. The average Bonchev–Trinajstić information content (AvgIpc) is 2.60. The van der Waals surface area contributed by atoms with Crippen LogP contribution in [0.2, 0.25) is 0 Å². The zero-order valence-electron chi connectivity index (χ0n) is 13.9. The molecule has 0 unspecified atom stereocenters. The highest BCUT2D eigenvalue weighted by Crippen LogP contribution is 2.26. The normalized spacial score (nSPS) is 10.8. The fourth-order valence-corrected chi connectivity index (χ4v) is 2.53. The first-order chi connectivity index (χ1) is 11.5. The van der Waals surface area contributed by atoms with Crippen LogP contribution >= 0.6 is 0 Å². The number of anilines is 1. The van der Waals surface area contributed by atoms with Gasteiger partial charge in [0.05, 0.1) is 16.8 Å². The van der Waals surface area contributed by atoms with E-state index in [1.54, 1.807) is 37.5 Å². The lowest BCUT2D eigenvalue weighted by molar-refractivity contribution is 0.0829. The SMILES string of the molecule is CCc1ccc2nc(-c3cnc(N)nc3)cc(C(=O)N(C)C)c2c1. The molecule has 3 rings (SSSR count). The minimum Gasteiger partial charge on any atom is -0.368 e. The summed E-state index contributed by atoms with van der Waals surface area (Å²) in [5, 5.41) is 0.855. The Kier molecular flexibility index (Phi) is 4.12. The van der Waals surface area contributed by atoms with E-state index in [9.17, 15) is 4.79 Å². The second-order valence-electron chi connectivity index (χ2n) is 5.79. The van der Waals surface area contributed by atoms with Crippen molar-refractivity contribution in [3.05, 3.63) is 47.8 Å². The van der Waals surface area contributed by atoms with Gasteiger partial charge in [-0.2, -0.15) is 0 Å². The van der Waals surface area contributed by atoms with E-state index in [1.807, 2.05) is 18.2 Å². The summed E-state index contributed by atoms with van der Waals surface area (Å²) in [4.78, 5) is 26.9. The number of hydrogen-bond donors (Lipinski definition) is 1. The molecule has 1 aromatic carbocycles. The van der Waals surface area contributed by atoms with Gasteiger partial charge in [0.25, 0.3) is 5.91 Å². The van der Waals surface area contributed by atoms with Gasteiger partial charge in [0.15, 0.2) is 0 Å². The van der Waals surface area contributed by atoms with Crippen molar-refractivity contribution in [3.8, 4) is 11.3 Å². The van der Waals surface area contributed by atoms with Gasteiger partial charge in [-0.3, -0.25) is 4.79 Å². The third-order valence-corrected chi connectivity index (χ3v) is 3.89. The zero-order chi connectivity index (χ0) is 17.3. The monoisotopic (exact) mass is 321 g/mol. The Morgan fingerprint density at radius 1 is 1.17 bits per heavy atom. The number of benzene rings is 1. The van der Waals surface area contributed by atoms with E-state index in [-0.39, 0.29) is 11.9 Å². The molecule has 0 radical (unpaired) electrons. The molecule has 0 saturated carbocycles. The average molecular weight is 321 g/mol. The van der Waals surface area contributed by atoms with Crippen LogP contribution in [-0.2, 0) is 6.42 Å². The maximum Gasteiger partial charge on any atom is 0.254 e. The fourth-order valence-electron chi connectivity index (χ4n) is 2.53. The third kappa shape index (κ3) is 2.90. The van der Waals surface area contributed by atoms with Gasteiger partial charge in [0.1, 0.15) is 0 Å². The number of aryl methyl sites for hydroxylation is 1. The van der Waals surface area contributed by atoms with Crippen molar-refractivity contribution in [2.45, 2.75) is 13.3 Å². The number of amides is 1. The summed E-state index contributed by atoms with van der Waals surface area (Å²) in [5.74, 6) is 0.144. The summed E-state index contributed by atoms with van der Waals surface area (Å²) < 4.78 is 0.